The first-order valence-corrected chi connectivity index (χ1v) is 7.05. The van der Waals surface area contributed by atoms with Crippen LogP contribution in [-0.2, 0) is 11.3 Å². The molecule has 1 aliphatic heterocycles. The predicted molar refractivity (Wildman–Crippen MR) is 74.1 cm³/mol. The topological polar surface area (TPSA) is 20.3 Å². The third-order valence-electron chi connectivity index (χ3n) is 4.39. The van der Waals surface area contributed by atoms with Crippen LogP contribution in [0.3, 0.4) is 0 Å². The quantitative estimate of drug-likeness (QED) is 0.793. The fourth-order valence-electron chi connectivity index (χ4n) is 3.01. The minimum Gasteiger partial charge on any atom is -0.338 e. The minimum atomic E-state index is -0.0902. The summed E-state index contributed by atoms with van der Waals surface area (Å²) in [4.78, 5) is 14.7. The van der Waals surface area contributed by atoms with Crippen molar-refractivity contribution in [1.29, 1.82) is 0 Å². The molecule has 98 valence electrons. The van der Waals surface area contributed by atoms with Gasteiger partial charge in [-0.05, 0) is 31.2 Å². The second-order valence-electron chi connectivity index (χ2n) is 5.30. The van der Waals surface area contributed by atoms with E-state index in [2.05, 4.69) is 26.0 Å². The molecule has 1 amide bonds. The number of likely N-dealkylation sites (tertiary alicyclic amines) is 1. The Labute approximate surface area is 110 Å². The lowest BCUT2D eigenvalue weighted by Crippen LogP contribution is -2.47. The Morgan fingerprint density at radius 2 is 1.83 bits per heavy atom. The number of benzene rings is 1. The first-order valence-electron chi connectivity index (χ1n) is 7.05. The summed E-state index contributed by atoms with van der Waals surface area (Å²) in [6.45, 7) is 5.97. The van der Waals surface area contributed by atoms with Crippen LogP contribution in [-0.4, -0.2) is 17.4 Å². The molecule has 1 fully saturated rings. The molecule has 2 heteroatoms. The molecule has 1 aromatic rings. The van der Waals surface area contributed by atoms with Gasteiger partial charge in [-0.25, -0.2) is 0 Å². The monoisotopic (exact) mass is 245 g/mol. The summed E-state index contributed by atoms with van der Waals surface area (Å²) in [5.41, 5.74) is 1.14. The van der Waals surface area contributed by atoms with Crippen LogP contribution >= 0.6 is 0 Å². The highest BCUT2D eigenvalue weighted by Gasteiger charge is 2.40. The van der Waals surface area contributed by atoms with Crippen LogP contribution in [0.1, 0.15) is 45.1 Å². The van der Waals surface area contributed by atoms with Gasteiger partial charge in [0.2, 0.25) is 5.91 Å². The van der Waals surface area contributed by atoms with Gasteiger partial charge >= 0.3 is 0 Å². The maximum atomic E-state index is 12.6. The lowest BCUT2D eigenvalue weighted by molar-refractivity contribution is -0.147. The van der Waals surface area contributed by atoms with Gasteiger partial charge in [0.25, 0.3) is 0 Å². The van der Waals surface area contributed by atoms with Gasteiger partial charge in [0.15, 0.2) is 0 Å². The first kappa shape index (κ1) is 13.1. The van der Waals surface area contributed by atoms with Crippen molar-refractivity contribution in [3.8, 4) is 0 Å². The van der Waals surface area contributed by atoms with Crippen LogP contribution in [0.4, 0.5) is 0 Å². The summed E-state index contributed by atoms with van der Waals surface area (Å²) in [5, 5.41) is 0. The first-order chi connectivity index (χ1) is 8.72. The molecule has 0 aliphatic carbocycles. The number of carbonyl (C=O) groups excluding carboxylic acids is 1. The molecule has 2 nitrogen and oxygen atoms in total. The summed E-state index contributed by atoms with van der Waals surface area (Å²) in [6, 6.07) is 10.3. The van der Waals surface area contributed by atoms with Crippen molar-refractivity contribution < 1.29 is 4.79 Å². The molecular formula is C16H23NO. The average Bonchev–Trinajstić information content (AvgIpc) is 2.43. The Morgan fingerprint density at radius 3 is 2.44 bits per heavy atom. The van der Waals surface area contributed by atoms with Gasteiger partial charge in [-0.15, -0.1) is 0 Å². The van der Waals surface area contributed by atoms with Crippen LogP contribution in [0.5, 0.6) is 0 Å². The van der Waals surface area contributed by atoms with E-state index in [9.17, 15) is 4.79 Å². The second kappa shape index (κ2) is 5.55. The van der Waals surface area contributed by atoms with Gasteiger partial charge in [-0.2, -0.15) is 0 Å². The van der Waals surface area contributed by atoms with E-state index in [0.29, 0.717) is 5.91 Å². The molecule has 18 heavy (non-hydrogen) atoms. The number of hydrogen-bond donors (Lipinski definition) is 0. The van der Waals surface area contributed by atoms with Crippen molar-refractivity contribution in [2.75, 3.05) is 6.54 Å². The van der Waals surface area contributed by atoms with Gasteiger partial charge in [-0.1, -0.05) is 44.2 Å². The van der Waals surface area contributed by atoms with Crippen molar-refractivity contribution in [1.82, 2.24) is 4.90 Å². The SMILES string of the molecule is CCC1(CC)CCCN(Cc2ccccc2)C1=O. The van der Waals surface area contributed by atoms with E-state index >= 15 is 0 Å². The molecule has 0 atom stereocenters. The molecule has 1 saturated heterocycles. The molecule has 2 rings (SSSR count). The summed E-state index contributed by atoms with van der Waals surface area (Å²) >= 11 is 0. The predicted octanol–water partition coefficient (Wildman–Crippen LogP) is 3.62. The largest absolute Gasteiger partial charge is 0.338 e. The molecule has 1 heterocycles. The summed E-state index contributed by atoms with van der Waals surface area (Å²) in [7, 11) is 0. The smallest absolute Gasteiger partial charge is 0.229 e. The highest BCUT2D eigenvalue weighted by atomic mass is 16.2. The number of amides is 1. The zero-order valence-corrected chi connectivity index (χ0v) is 11.5. The van der Waals surface area contributed by atoms with Gasteiger partial charge in [0, 0.05) is 18.5 Å². The molecule has 0 saturated carbocycles. The number of piperidine rings is 1. The van der Waals surface area contributed by atoms with Crippen molar-refractivity contribution in [3.05, 3.63) is 35.9 Å². The van der Waals surface area contributed by atoms with Gasteiger partial charge in [0.1, 0.15) is 0 Å². The van der Waals surface area contributed by atoms with E-state index in [1.165, 1.54) is 5.56 Å². The molecule has 0 aromatic heterocycles. The fraction of sp³-hybridized carbons (Fsp3) is 0.562. The van der Waals surface area contributed by atoms with Gasteiger partial charge in [-0.3, -0.25) is 4.79 Å². The second-order valence-corrected chi connectivity index (χ2v) is 5.30. The highest BCUT2D eigenvalue weighted by molar-refractivity contribution is 5.83. The molecule has 1 aromatic carbocycles. The average molecular weight is 245 g/mol. The van der Waals surface area contributed by atoms with E-state index < -0.39 is 0 Å². The molecule has 1 aliphatic rings. The molecular weight excluding hydrogens is 222 g/mol. The zero-order chi connectivity index (χ0) is 13.0. The Kier molecular flexibility index (Phi) is 4.05. The maximum Gasteiger partial charge on any atom is 0.229 e. The Morgan fingerprint density at radius 1 is 1.17 bits per heavy atom. The fourth-order valence-corrected chi connectivity index (χ4v) is 3.01. The number of nitrogens with zero attached hydrogens (tertiary/aromatic N) is 1. The minimum absolute atomic E-state index is 0.0902. The summed E-state index contributed by atoms with van der Waals surface area (Å²) in [5.74, 6) is 0.364. The van der Waals surface area contributed by atoms with Crippen LogP contribution < -0.4 is 0 Å². The third kappa shape index (κ3) is 2.43. The van der Waals surface area contributed by atoms with Crippen molar-refractivity contribution >= 4 is 5.91 Å². The van der Waals surface area contributed by atoms with E-state index in [0.717, 1.165) is 38.8 Å². The maximum absolute atomic E-state index is 12.6. The van der Waals surface area contributed by atoms with E-state index in [4.69, 9.17) is 0 Å². The van der Waals surface area contributed by atoms with E-state index in [1.54, 1.807) is 0 Å². The standard InChI is InChI=1S/C16H23NO/c1-3-16(4-2)11-8-12-17(15(16)18)13-14-9-6-5-7-10-14/h5-7,9-10H,3-4,8,11-13H2,1-2H3. The third-order valence-corrected chi connectivity index (χ3v) is 4.39. The normalized spacial score (nSPS) is 19.0. The molecule has 0 bridgehead atoms. The molecule has 0 N–H and O–H groups in total. The van der Waals surface area contributed by atoms with Crippen LogP contribution in [0.15, 0.2) is 30.3 Å². The van der Waals surface area contributed by atoms with Crippen LogP contribution in [0.25, 0.3) is 0 Å². The Hall–Kier alpha value is -1.31. The van der Waals surface area contributed by atoms with Crippen molar-refractivity contribution in [2.45, 2.75) is 46.1 Å². The van der Waals surface area contributed by atoms with Crippen molar-refractivity contribution in [2.24, 2.45) is 5.41 Å². The molecule has 0 unspecified atom stereocenters. The highest BCUT2D eigenvalue weighted by Crippen LogP contribution is 2.38. The van der Waals surface area contributed by atoms with Crippen LogP contribution in [0.2, 0.25) is 0 Å². The van der Waals surface area contributed by atoms with Gasteiger partial charge in [0.05, 0.1) is 0 Å². The van der Waals surface area contributed by atoms with E-state index in [-0.39, 0.29) is 5.41 Å². The van der Waals surface area contributed by atoms with Crippen molar-refractivity contribution in [3.63, 3.8) is 0 Å². The Bertz CT molecular complexity index is 395. The lowest BCUT2D eigenvalue weighted by Gasteiger charge is -2.41. The number of hydrogen-bond acceptors (Lipinski definition) is 1. The molecule has 0 spiro atoms. The van der Waals surface area contributed by atoms with Gasteiger partial charge < -0.3 is 4.90 Å². The molecule has 0 radical (unpaired) electrons. The number of carbonyl (C=O) groups is 1. The van der Waals surface area contributed by atoms with E-state index in [1.807, 2.05) is 23.1 Å². The van der Waals surface area contributed by atoms with Crippen LogP contribution in [0, 0.1) is 5.41 Å². The zero-order valence-electron chi connectivity index (χ0n) is 11.5. The summed E-state index contributed by atoms with van der Waals surface area (Å²) in [6.07, 6.45) is 4.13. The lowest BCUT2D eigenvalue weighted by atomic mass is 9.74. The number of rotatable bonds is 4. The summed E-state index contributed by atoms with van der Waals surface area (Å²) < 4.78 is 0. The Balaban J connectivity index is 2.12.